The van der Waals surface area contributed by atoms with Gasteiger partial charge in [0, 0.05) is 84.7 Å². The third-order valence-electron chi connectivity index (χ3n) is 17.1. The lowest BCUT2D eigenvalue weighted by Gasteiger charge is -2.38. The van der Waals surface area contributed by atoms with Crippen LogP contribution in [-0.4, -0.2) is 235 Å². The first-order valence-corrected chi connectivity index (χ1v) is 61.1. The first kappa shape index (κ1) is 146. The Balaban J connectivity index is -0.000000814. The van der Waals surface area contributed by atoms with Crippen molar-refractivity contribution in [2.24, 2.45) is 5.73 Å². The number of carbonyl (C=O) groups excluding carboxylic acids is 7. The number of nitrogens with one attached hydrogen (secondary N) is 3. The number of carboxylic acid groups (broad SMARTS) is 2. The molecular formula is C92H163N5O41P8. The maximum atomic E-state index is 14.1. The number of aliphatic carboxylic acids is 2. The third-order valence-corrected chi connectivity index (χ3v) is 39.8. The number of carbonyl (C=O) groups is 9. The molecule has 0 unspecified atom stereocenters. The van der Waals surface area contributed by atoms with E-state index in [2.05, 4.69) is 74.0 Å². The number of esters is 4. The van der Waals surface area contributed by atoms with E-state index in [1.54, 1.807) is 118 Å². The van der Waals surface area contributed by atoms with Crippen molar-refractivity contribution in [2.45, 2.75) is 257 Å². The summed E-state index contributed by atoms with van der Waals surface area (Å²) in [7, 11) is -31.7. The molecule has 2 amide bonds. The van der Waals surface area contributed by atoms with Crippen LogP contribution in [0.5, 0.6) is 0 Å². The van der Waals surface area contributed by atoms with Crippen molar-refractivity contribution in [2.75, 3.05) is 132 Å². The number of rotatable bonds is 64. The Morgan fingerprint density at radius 2 is 0.562 bits per heavy atom. The van der Waals surface area contributed by atoms with Crippen molar-refractivity contribution in [1.82, 2.24) is 20.9 Å². The Morgan fingerprint density at radius 3 is 0.774 bits per heavy atom. The number of aliphatic hydroxyl groups excluding tert-OH is 1. The van der Waals surface area contributed by atoms with Gasteiger partial charge in [0.25, 0.3) is 6.48 Å². The Kier molecular flexibility index (Phi) is 87.0. The van der Waals surface area contributed by atoms with E-state index in [9.17, 15) is 74.9 Å². The van der Waals surface area contributed by atoms with Gasteiger partial charge in [-0.3, -0.25) is 79.8 Å². The molecule has 2 saturated heterocycles. The molecule has 2 heterocycles. The highest BCUT2D eigenvalue weighted by atomic mass is 31.3. The second kappa shape index (κ2) is 87.1. The zero-order valence-corrected chi connectivity index (χ0v) is 95.3. The summed E-state index contributed by atoms with van der Waals surface area (Å²) in [6.07, 6.45) is 0.810. The summed E-state index contributed by atoms with van der Waals surface area (Å²) < 4.78 is 213. The van der Waals surface area contributed by atoms with Crippen LogP contribution in [0.2, 0.25) is 0 Å². The van der Waals surface area contributed by atoms with E-state index in [4.69, 9.17) is 112 Å². The first-order chi connectivity index (χ1) is 69.5. The van der Waals surface area contributed by atoms with E-state index in [1.165, 1.54) is 11.1 Å². The summed E-state index contributed by atoms with van der Waals surface area (Å²) in [5.74, 6) is -5.24. The van der Waals surface area contributed by atoms with Crippen LogP contribution in [0, 0.1) is 0 Å². The third kappa shape index (κ3) is 62.6. The van der Waals surface area contributed by atoms with Crippen molar-refractivity contribution in [1.29, 1.82) is 0 Å². The number of hydrogen-bond donors (Lipinski definition) is 7. The monoisotopic (exact) mass is 2240 g/mol. The Morgan fingerprint density at radius 1 is 0.336 bits per heavy atom. The molecule has 6 rings (SSSR count). The molecule has 0 radical (unpaired) electrons. The zero-order valence-electron chi connectivity index (χ0n) is 88.1. The molecule has 2 aliphatic rings. The molecule has 842 valence electrons. The number of benzene rings is 4. The molecule has 0 aliphatic carbocycles. The predicted octanol–water partition coefficient (Wildman–Crippen LogP) is 19.5. The van der Waals surface area contributed by atoms with Crippen LogP contribution in [0.15, 0.2) is 121 Å². The number of ether oxygens (including phenoxy) is 5. The molecule has 0 aromatic heterocycles. The van der Waals surface area contributed by atoms with E-state index in [0.717, 1.165) is 24.2 Å². The van der Waals surface area contributed by atoms with Gasteiger partial charge in [-0.2, -0.15) is 0 Å². The van der Waals surface area contributed by atoms with Gasteiger partial charge >= 0.3 is 96.6 Å². The highest BCUT2D eigenvalue weighted by molar-refractivity contribution is 7.74. The van der Waals surface area contributed by atoms with E-state index in [-0.39, 0.29) is 156 Å². The van der Waals surface area contributed by atoms with Gasteiger partial charge in [0.15, 0.2) is 0 Å². The van der Waals surface area contributed by atoms with Gasteiger partial charge in [-0.15, -0.1) is 0 Å². The van der Waals surface area contributed by atoms with E-state index in [0.29, 0.717) is 52.2 Å². The largest absolute Gasteiger partial charge is 0.481 e. The minimum atomic E-state index is -4.10. The number of carboxylic acids is 2. The van der Waals surface area contributed by atoms with Gasteiger partial charge in [0.2, 0.25) is 33.9 Å². The van der Waals surface area contributed by atoms with Crippen LogP contribution in [0.3, 0.4) is 0 Å². The first-order valence-electron chi connectivity index (χ1n) is 48.2. The Bertz CT molecular complexity index is 4230. The van der Waals surface area contributed by atoms with Gasteiger partial charge in [-0.1, -0.05) is 121 Å². The highest BCUT2D eigenvalue weighted by Gasteiger charge is 2.56. The van der Waals surface area contributed by atoms with Crippen LogP contribution in [0.4, 0.5) is 0 Å². The van der Waals surface area contributed by atoms with Gasteiger partial charge in [0.1, 0.15) is 6.79 Å². The van der Waals surface area contributed by atoms with Gasteiger partial charge < -0.3 is 138 Å². The minimum absolute atomic E-state index is 0.0130. The van der Waals surface area contributed by atoms with Crippen LogP contribution >= 0.6 is 60.8 Å². The van der Waals surface area contributed by atoms with Crippen LogP contribution < -0.4 is 21.7 Å². The standard InChI is InChI=1S/C23H35NO6P2.C14H29NO9P2.C14H15N.C13H27NO9P2.C9H23NO6P2.C7H16O3.C5H6O3.C4H4O3.C2H6O.CH2O/c1-5-27-31(25,28-6-2)23(32(26,29-7-3)30-8-4)24(19-21-15-11-9-12-16-21)20-22-17-13-10-14-18-22;1-5-21-25(19,22-6-2)14(26(20,23-7-3)24-8-4)15-12(16)10-9-11-13(17)18;1-3-7-13(8-4-1)11-15-12-14-9-5-2-6-10-14;1-5-20-24(18,21-6-2)13(14-11(15)9-10-12(16)17)25(19,22-7-3)23-8-4;1-5-13-17(11,14-6-2)9(10)18(12,15-7-3)16-8-4;1-4-8-7(9-5-2)10-6-3;6-4-2-1-3-5(7)8-4;5-3-1-2-4(6)7-3;1-2-3;1-2/h9-18,23H,5-8,19-20H2,1-4H3;14H,5-11H2,1-4H3,(H,15,16)(H,17,18);1-10,15H,11-12H2;13H,5-10H2,1-4H3,(H,14,15)(H,16,17);9H,5-8,10H2,1-4H3;7H,4-6H2,1-3H3;1-3H2;1-2H2;3H,2H2,1H3;1H2. The second-order valence-corrected chi connectivity index (χ2v) is 46.8. The lowest BCUT2D eigenvalue weighted by molar-refractivity contribution is -0.282. The summed E-state index contributed by atoms with van der Waals surface area (Å²) in [5, 5.41) is 32.9. The lowest BCUT2D eigenvalue weighted by atomic mass is 10.2. The molecule has 0 bridgehead atoms. The van der Waals surface area contributed by atoms with Crippen molar-refractivity contribution in [3.8, 4) is 0 Å². The number of amides is 2. The van der Waals surface area contributed by atoms with Crippen LogP contribution in [-0.2, 0) is 202 Å². The van der Waals surface area contributed by atoms with Crippen molar-refractivity contribution >= 4 is 115 Å². The average Bonchev–Trinajstić information content (AvgIpc) is 0.788. The number of nitrogens with two attached hydrogens (primary N) is 1. The fourth-order valence-corrected chi connectivity index (χ4v) is 31.5. The quantitative estimate of drug-likeness (QED) is 0.00934. The smallest absolute Gasteiger partial charge is 0.365 e. The molecular weight excluding hydrogens is 2080 g/mol. The molecule has 0 atom stereocenters. The number of hydrogen-bond acceptors (Lipinski definition) is 42. The number of cyclic esters (lactones) is 4. The predicted molar refractivity (Wildman–Crippen MR) is 550 cm³/mol. The van der Waals surface area contributed by atoms with Gasteiger partial charge in [-0.05, 0) is 174 Å². The molecule has 0 saturated carbocycles. The molecule has 2 fully saturated rings. The summed E-state index contributed by atoms with van der Waals surface area (Å²) in [5.41, 5.74) is 4.33. The summed E-state index contributed by atoms with van der Waals surface area (Å²) in [6, 6.07) is 40.4. The molecule has 4 aromatic carbocycles. The summed E-state index contributed by atoms with van der Waals surface area (Å²) in [6.45, 7) is 40.5. The average molecular weight is 2240 g/mol. The SMILES string of the molecule is C=O.CCO.CCOC(OCC)OCC.CCOP(=O)(OCC)C(N(Cc1ccccc1)Cc1ccccc1)P(=O)(OCC)OCC.CCOP(=O)(OCC)C(N)P(=O)(OCC)OCC.CCOP(=O)(OCC)C(NC(=O)CCC(=O)O)P(=O)(OCC)OCC.CCOP(=O)(OCC)C(NC(=O)CCCC(=O)O)P(=O)(OCC)OCC.O=C1CCC(=O)O1.O=C1CCCC(=O)O1.c1ccc(CNCc2ccccc2)cc1. The minimum Gasteiger partial charge on any atom is -0.481 e. The van der Waals surface area contributed by atoms with Crippen LogP contribution in [0.1, 0.15) is 225 Å². The van der Waals surface area contributed by atoms with Crippen LogP contribution in [0.25, 0.3) is 0 Å². The summed E-state index contributed by atoms with van der Waals surface area (Å²) >= 11 is 0. The lowest BCUT2D eigenvalue weighted by Crippen LogP contribution is -2.37. The highest BCUT2D eigenvalue weighted by Crippen LogP contribution is 2.73. The molecule has 46 nitrogen and oxygen atoms in total. The molecule has 4 aromatic rings. The van der Waals surface area contributed by atoms with Crippen molar-refractivity contribution < 1.29 is 191 Å². The zero-order chi connectivity index (χ0) is 112. The maximum absolute atomic E-state index is 14.1. The van der Waals surface area contributed by atoms with E-state index in [1.807, 2.05) is 105 Å². The van der Waals surface area contributed by atoms with Crippen molar-refractivity contribution in [3.63, 3.8) is 0 Å². The topological polar surface area (TPSA) is 610 Å². The van der Waals surface area contributed by atoms with Gasteiger partial charge in [-0.25, -0.2) is 0 Å². The molecule has 8 N–H and O–H groups in total. The van der Waals surface area contributed by atoms with E-state index >= 15 is 0 Å². The fourth-order valence-electron chi connectivity index (χ4n) is 11.8. The second-order valence-electron chi connectivity index (χ2n) is 28.3. The molecule has 146 heavy (non-hydrogen) atoms. The molecule has 2 aliphatic heterocycles. The van der Waals surface area contributed by atoms with E-state index < -0.39 is 138 Å². The fraction of sp³-hybridized carbons (Fsp3) is 0.641. The molecule has 0 spiro atoms. The molecule has 54 heteroatoms. The normalized spacial score (nSPS) is 12.7. The van der Waals surface area contributed by atoms with Crippen molar-refractivity contribution in [3.05, 3.63) is 144 Å². The Hall–Kier alpha value is -6.37. The summed E-state index contributed by atoms with van der Waals surface area (Å²) in [4.78, 5) is 95.7. The van der Waals surface area contributed by atoms with Gasteiger partial charge in [0.05, 0.1) is 125 Å². The number of aliphatic hydroxyl groups is 1. The number of nitrogens with zero attached hydrogens (tertiary/aromatic N) is 1. The maximum Gasteiger partial charge on any atom is 0.365 e. The Labute approximate surface area is 861 Å².